The van der Waals surface area contributed by atoms with E-state index in [-0.39, 0.29) is 5.82 Å². The summed E-state index contributed by atoms with van der Waals surface area (Å²) in [5.74, 6) is 0.397. The Labute approximate surface area is 139 Å². The van der Waals surface area contributed by atoms with Crippen molar-refractivity contribution in [3.05, 3.63) is 34.1 Å². The smallest absolute Gasteiger partial charge is 0.191 e. The summed E-state index contributed by atoms with van der Waals surface area (Å²) in [7, 11) is 3.33. The zero-order valence-corrected chi connectivity index (χ0v) is 14.6. The van der Waals surface area contributed by atoms with E-state index in [1.165, 1.54) is 6.07 Å². The molecule has 0 aliphatic carbocycles. The first-order valence-corrected chi connectivity index (χ1v) is 7.91. The Kier molecular flexibility index (Phi) is 9.77. The third-order valence-corrected chi connectivity index (χ3v) is 3.36. The third kappa shape index (κ3) is 7.72. The molecule has 0 aliphatic heterocycles. The largest absolute Gasteiger partial charge is 0.382 e. The number of methoxy groups -OCH3 is 1. The quantitative estimate of drug-likeness (QED) is 0.395. The Bertz CT molecular complexity index is 472. The van der Waals surface area contributed by atoms with Crippen LogP contribution in [0.15, 0.2) is 27.7 Å². The summed E-state index contributed by atoms with van der Waals surface area (Å²) in [6.45, 7) is 2.97. The van der Waals surface area contributed by atoms with Crippen molar-refractivity contribution >= 4 is 21.9 Å². The van der Waals surface area contributed by atoms with Crippen molar-refractivity contribution < 1.29 is 13.9 Å². The maximum Gasteiger partial charge on any atom is 0.191 e. The fraction of sp³-hybridized carbons (Fsp3) is 0.533. The van der Waals surface area contributed by atoms with E-state index in [4.69, 9.17) is 9.47 Å². The Morgan fingerprint density at radius 3 is 2.82 bits per heavy atom. The van der Waals surface area contributed by atoms with Crippen molar-refractivity contribution in [2.45, 2.75) is 13.0 Å². The van der Waals surface area contributed by atoms with Crippen LogP contribution in [0.5, 0.6) is 0 Å². The third-order valence-electron chi connectivity index (χ3n) is 2.87. The summed E-state index contributed by atoms with van der Waals surface area (Å²) < 4.78 is 24.7. The second-order valence-corrected chi connectivity index (χ2v) is 5.46. The molecule has 0 unspecified atom stereocenters. The van der Waals surface area contributed by atoms with Crippen molar-refractivity contribution in [1.29, 1.82) is 0 Å². The molecule has 1 aromatic rings. The molecule has 0 saturated heterocycles. The van der Waals surface area contributed by atoms with Gasteiger partial charge in [-0.2, -0.15) is 0 Å². The summed E-state index contributed by atoms with van der Waals surface area (Å²) in [6.07, 6.45) is 0.857. The first-order chi connectivity index (χ1) is 10.7. The molecule has 0 radical (unpaired) electrons. The Balaban J connectivity index is 2.24. The number of guanidine groups is 1. The van der Waals surface area contributed by atoms with Crippen LogP contribution in [0, 0.1) is 5.82 Å². The molecule has 0 atom stereocenters. The Morgan fingerprint density at radius 1 is 1.27 bits per heavy atom. The summed E-state index contributed by atoms with van der Waals surface area (Å²) >= 11 is 3.33. The van der Waals surface area contributed by atoms with Gasteiger partial charge in [0.15, 0.2) is 5.96 Å². The van der Waals surface area contributed by atoms with Crippen LogP contribution in [-0.4, -0.2) is 46.5 Å². The van der Waals surface area contributed by atoms with Gasteiger partial charge in [-0.15, -0.1) is 0 Å². The van der Waals surface area contributed by atoms with Gasteiger partial charge < -0.3 is 20.1 Å². The number of nitrogens with zero attached hydrogens (tertiary/aromatic N) is 1. The molecule has 5 nitrogen and oxygen atoms in total. The van der Waals surface area contributed by atoms with Gasteiger partial charge in [-0.25, -0.2) is 4.39 Å². The van der Waals surface area contributed by atoms with E-state index in [0.717, 1.165) is 17.4 Å². The number of halogens is 2. The molecule has 0 fully saturated rings. The molecule has 0 spiro atoms. The average Bonchev–Trinajstić information content (AvgIpc) is 2.52. The fourth-order valence-corrected chi connectivity index (χ4v) is 2.11. The van der Waals surface area contributed by atoms with E-state index < -0.39 is 0 Å². The Hall–Kier alpha value is -1.18. The number of ether oxygens (including phenoxy) is 2. The Morgan fingerprint density at radius 2 is 2.09 bits per heavy atom. The van der Waals surface area contributed by atoms with E-state index in [1.54, 1.807) is 26.3 Å². The predicted octanol–water partition coefficient (Wildman–Crippen LogP) is 2.31. The van der Waals surface area contributed by atoms with E-state index in [1.807, 2.05) is 0 Å². The summed E-state index contributed by atoms with van der Waals surface area (Å²) in [5.41, 5.74) is 0.584. The molecule has 0 aliphatic rings. The van der Waals surface area contributed by atoms with Gasteiger partial charge in [-0.3, -0.25) is 4.99 Å². The van der Waals surface area contributed by atoms with Gasteiger partial charge in [-0.1, -0.05) is 15.9 Å². The number of rotatable bonds is 9. The van der Waals surface area contributed by atoms with Gasteiger partial charge >= 0.3 is 0 Å². The monoisotopic (exact) mass is 375 g/mol. The highest BCUT2D eigenvalue weighted by molar-refractivity contribution is 9.10. The zero-order valence-electron chi connectivity index (χ0n) is 13.0. The number of hydrogen-bond acceptors (Lipinski definition) is 3. The van der Waals surface area contributed by atoms with Crippen LogP contribution in [0.2, 0.25) is 0 Å². The molecule has 124 valence electrons. The van der Waals surface area contributed by atoms with Gasteiger partial charge in [0.05, 0.1) is 13.2 Å². The van der Waals surface area contributed by atoms with Crippen molar-refractivity contribution in [2.75, 3.05) is 40.5 Å². The lowest BCUT2D eigenvalue weighted by molar-refractivity contribution is 0.0698. The molecular formula is C15H23BrFN3O2. The molecule has 0 saturated carbocycles. The van der Waals surface area contributed by atoms with Crippen molar-refractivity contribution in [1.82, 2.24) is 10.6 Å². The minimum atomic E-state index is -0.238. The fourth-order valence-electron chi connectivity index (χ4n) is 1.70. The van der Waals surface area contributed by atoms with Gasteiger partial charge in [0.25, 0.3) is 0 Å². The number of benzene rings is 1. The second kappa shape index (κ2) is 11.4. The van der Waals surface area contributed by atoms with Crippen molar-refractivity contribution in [2.24, 2.45) is 4.99 Å². The van der Waals surface area contributed by atoms with Gasteiger partial charge in [0, 0.05) is 43.9 Å². The molecule has 22 heavy (non-hydrogen) atoms. The van der Waals surface area contributed by atoms with Gasteiger partial charge in [0.1, 0.15) is 5.82 Å². The van der Waals surface area contributed by atoms with Gasteiger partial charge in [0.2, 0.25) is 0 Å². The van der Waals surface area contributed by atoms with Crippen molar-refractivity contribution in [3.63, 3.8) is 0 Å². The zero-order chi connectivity index (χ0) is 16.2. The molecule has 0 heterocycles. The maximum absolute atomic E-state index is 13.6. The minimum absolute atomic E-state index is 0.238. The van der Waals surface area contributed by atoms with Crippen LogP contribution >= 0.6 is 15.9 Å². The van der Waals surface area contributed by atoms with E-state index in [9.17, 15) is 4.39 Å². The van der Waals surface area contributed by atoms with Crippen LogP contribution in [0.4, 0.5) is 4.39 Å². The van der Waals surface area contributed by atoms with Gasteiger partial charge in [-0.05, 0) is 24.6 Å². The minimum Gasteiger partial charge on any atom is -0.382 e. The standard InChI is InChI=1S/C15H23BrFN3O2/c1-18-15(19-6-3-7-22-9-8-21-2)20-11-12-10-13(16)4-5-14(12)17/h4-5,10H,3,6-9,11H2,1-2H3,(H2,18,19,20). The van der Waals surface area contributed by atoms with E-state index in [0.29, 0.717) is 37.9 Å². The highest BCUT2D eigenvalue weighted by atomic mass is 79.9. The van der Waals surface area contributed by atoms with Crippen LogP contribution in [0.25, 0.3) is 0 Å². The highest BCUT2D eigenvalue weighted by Crippen LogP contribution is 2.15. The van der Waals surface area contributed by atoms with Crippen LogP contribution in [-0.2, 0) is 16.0 Å². The molecule has 1 aromatic carbocycles. The number of nitrogens with one attached hydrogen (secondary N) is 2. The topological polar surface area (TPSA) is 54.9 Å². The van der Waals surface area contributed by atoms with Crippen LogP contribution in [0.1, 0.15) is 12.0 Å². The first kappa shape index (κ1) is 18.9. The molecule has 2 N–H and O–H groups in total. The second-order valence-electron chi connectivity index (χ2n) is 4.55. The van der Waals surface area contributed by atoms with Crippen molar-refractivity contribution in [3.8, 4) is 0 Å². The molecular weight excluding hydrogens is 353 g/mol. The molecule has 0 amide bonds. The van der Waals surface area contributed by atoms with Crippen LogP contribution in [0.3, 0.4) is 0 Å². The van der Waals surface area contributed by atoms with E-state index >= 15 is 0 Å². The lowest BCUT2D eigenvalue weighted by Crippen LogP contribution is -2.37. The number of hydrogen-bond donors (Lipinski definition) is 2. The maximum atomic E-state index is 13.6. The lowest BCUT2D eigenvalue weighted by atomic mass is 10.2. The summed E-state index contributed by atoms with van der Waals surface area (Å²) in [4.78, 5) is 4.10. The SMILES string of the molecule is CN=C(NCCCOCCOC)NCc1cc(Br)ccc1F. The predicted molar refractivity (Wildman–Crippen MR) is 89.6 cm³/mol. The normalized spacial score (nSPS) is 11.5. The first-order valence-electron chi connectivity index (χ1n) is 7.12. The highest BCUT2D eigenvalue weighted by Gasteiger charge is 2.04. The van der Waals surface area contributed by atoms with E-state index in [2.05, 4.69) is 31.6 Å². The molecule has 7 heteroatoms. The summed E-state index contributed by atoms with van der Waals surface area (Å²) in [5, 5.41) is 6.24. The molecule has 0 aromatic heterocycles. The molecule has 0 bridgehead atoms. The molecule has 1 rings (SSSR count). The summed E-state index contributed by atoms with van der Waals surface area (Å²) in [6, 6.07) is 4.86. The lowest BCUT2D eigenvalue weighted by Gasteiger charge is -2.12. The number of aliphatic imine (C=N–C) groups is 1. The van der Waals surface area contributed by atoms with Crippen LogP contribution < -0.4 is 10.6 Å². The average molecular weight is 376 g/mol.